The molecule has 0 aliphatic rings. The third kappa shape index (κ3) is 2.55. The van der Waals surface area contributed by atoms with Gasteiger partial charge in [0.15, 0.2) is 0 Å². The van der Waals surface area contributed by atoms with Gasteiger partial charge in [0, 0.05) is 12.2 Å². The van der Waals surface area contributed by atoms with Crippen molar-refractivity contribution in [1.82, 2.24) is 4.90 Å². The van der Waals surface area contributed by atoms with Crippen molar-refractivity contribution >= 4 is 5.69 Å². The van der Waals surface area contributed by atoms with Crippen molar-refractivity contribution in [2.45, 2.75) is 13.5 Å². The van der Waals surface area contributed by atoms with E-state index in [0.29, 0.717) is 0 Å². The summed E-state index contributed by atoms with van der Waals surface area (Å²) in [5, 5.41) is 0. The predicted molar refractivity (Wildman–Crippen MR) is 52.9 cm³/mol. The van der Waals surface area contributed by atoms with Crippen LogP contribution in [0.1, 0.15) is 12.5 Å². The molecule has 2 nitrogen and oxygen atoms in total. The largest absolute Gasteiger partial charge is 0.399 e. The van der Waals surface area contributed by atoms with Gasteiger partial charge in [0.25, 0.3) is 0 Å². The number of nitrogen functional groups attached to an aromatic ring is 1. The Morgan fingerprint density at radius 2 is 2.17 bits per heavy atom. The van der Waals surface area contributed by atoms with E-state index in [9.17, 15) is 0 Å². The first-order valence-corrected chi connectivity index (χ1v) is 4.25. The number of hydrogen-bond acceptors (Lipinski definition) is 2. The van der Waals surface area contributed by atoms with Crippen LogP contribution in [0.5, 0.6) is 0 Å². The van der Waals surface area contributed by atoms with E-state index in [1.807, 2.05) is 18.2 Å². The van der Waals surface area contributed by atoms with Crippen molar-refractivity contribution in [3.8, 4) is 0 Å². The summed E-state index contributed by atoms with van der Waals surface area (Å²) in [5.41, 5.74) is 7.78. The smallest absolute Gasteiger partial charge is 0.0317 e. The van der Waals surface area contributed by atoms with Crippen LogP contribution in [0.2, 0.25) is 0 Å². The Morgan fingerprint density at radius 3 is 2.75 bits per heavy atom. The summed E-state index contributed by atoms with van der Waals surface area (Å²) < 4.78 is 0. The average molecular weight is 164 g/mol. The molecule has 0 fully saturated rings. The normalized spacial score (nSPS) is 10.6. The van der Waals surface area contributed by atoms with E-state index in [1.54, 1.807) is 0 Å². The summed E-state index contributed by atoms with van der Waals surface area (Å²) in [6, 6.07) is 8.03. The van der Waals surface area contributed by atoms with Gasteiger partial charge in [-0.1, -0.05) is 19.1 Å². The number of hydrogen-bond donors (Lipinski definition) is 1. The quantitative estimate of drug-likeness (QED) is 0.689. The molecule has 1 rings (SSSR count). The molecule has 12 heavy (non-hydrogen) atoms. The topological polar surface area (TPSA) is 29.3 Å². The lowest BCUT2D eigenvalue weighted by molar-refractivity contribution is 0.346. The number of nitrogens with zero attached hydrogens (tertiary/aromatic N) is 1. The van der Waals surface area contributed by atoms with Gasteiger partial charge in [-0.15, -0.1) is 0 Å². The summed E-state index contributed by atoms with van der Waals surface area (Å²) in [6.07, 6.45) is 0. The Labute approximate surface area is 74.0 Å². The summed E-state index contributed by atoms with van der Waals surface area (Å²) in [4.78, 5) is 2.24. The van der Waals surface area contributed by atoms with E-state index < -0.39 is 0 Å². The van der Waals surface area contributed by atoms with E-state index in [1.165, 1.54) is 5.56 Å². The van der Waals surface area contributed by atoms with Crippen LogP contribution in [0.15, 0.2) is 24.3 Å². The molecule has 0 saturated heterocycles. The van der Waals surface area contributed by atoms with E-state index >= 15 is 0 Å². The Kier molecular flexibility index (Phi) is 3.11. The Balaban J connectivity index is 2.63. The highest BCUT2D eigenvalue weighted by Crippen LogP contribution is 2.08. The minimum absolute atomic E-state index is 0.844. The summed E-state index contributed by atoms with van der Waals surface area (Å²) in [7, 11) is 2.10. The molecule has 0 bridgehead atoms. The van der Waals surface area contributed by atoms with Crippen LogP contribution >= 0.6 is 0 Å². The maximum Gasteiger partial charge on any atom is 0.0317 e. The molecule has 0 amide bonds. The first kappa shape index (κ1) is 9.07. The Morgan fingerprint density at radius 1 is 1.42 bits per heavy atom. The van der Waals surface area contributed by atoms with E-state index in [2.05, 4.69) is 24.9 Å². The lowest BCUT2D eigenvalue weighted by Crippen LogP contribution is -2.16. The Hall–Kier alpha value is -1.02. The average Bonchev–Trinajstić information content (AvgIpc) is 2.04. The van der Waals surface area contributed by atoms with Crippen LogP contribution in [0.3, 0.4) is 0 Å². The molecule has 0 aromatic heterocycles. The second-order valence-corrected chi connectivity index (χ2v) is 3.08. The van der Waals surface area contributed by atoms with Crippen LogP contribution in [-0.4, -0.2) is 18.5 Å². The van der Waals surface area contributed by atoms with Crippen molar-refractivity contribution in [2.75, 3.05) is 19.3 Å². The fourth-order valence-electron chi connectivity index (χ4n) is 1.11. The first-order valence-electron chi connectivity index (χ1n) is 4.25. The van der Waals surface area contributed by atoms with Crippen LogP contribution in [-0.2, 0) is 6.54 Å². The summed E-state index contributed by atoms with van der Waals surface area (Å²) in [5.74, 6) is 0. The summed E-state index contributed by atoms with van der Waals surface area (Å²) in [6.45, 7) is 4.18. The molecule has 0 aliphatic heterocycles. The van der Waals surface area contributed by atoms with Gasteiger partial charge in [0.2, 0.25) is 0 Å². The van der Waals surface area contributed by atoms with Gasteiger partial charge in [-0.25, -0.2) is 0 Å². The molecule has 1 aromatic rings. The summed E-state index contributed by atoms with van der Waals surface area (Å²) >= 11 is 0. The highest BCUT2D eigenvalue weighted by atomic mass is 15.1. The lowest BCUT2D eigenvalue weighted by atomic mass is 10.2. The van der Waals surface area contributed by atoms with Crippen LogP contribution < -0.4 is 5.73 Å². The molecule has 0 aliphatic carbocycles. The van der Waals surface area contributed by atoms with E-state index in [0.717, 1.165) is 18.8 Å². The van der Waals surface area contributed by atoms with Gasteiger partial charge in [0.05, 0.1) is 0 Å². The number of nitrogens with two attached hydrogens (primary N) is 1. The molecule has 0 atom stereocenters. The fraction of sp³-hybridized carbons (Fsp3) is 0.400. The van der Waals surface area contributed by atoms with Gasteiger partial charge in [-0.05, 0) is 31.3 Å². The van der Waals surface area contributed by atoms with Gasteiger partial charge in [-0.2, -0.15) is 0 Å². The van der Waals surface area contributed by atoms with Crippen LogP contribution in [0.4, 0.5) is 5.69 Å². The molecule has 2 heteroatoms. The Bertz CT molecular complexity index is 245. The highest BCUT2D eigenvalue weighted by Gasteiger charge is 1.96. The molecule has 1 aromatic carbocycles. The van der Waals surface area contributed by atoms with Crippen molar-refractivity contribution in [3.63, 3.8) is 0 Å². The molecular formula is C10H16N2. The monoisotopic (exact) mass is 164 g/mol. The van der Waals surface area contributed by atoms with Crippen molar-refractivity contribution in [2.24, 2.45) is 0 Å². The van der Waals surface area contributed by atoms with E-state index in [-0.39, 0.29) is 0 Å². The second kappa shape index (κ2) is 4.12. The molecule has 66 valence electrons. The van der Waals surface area contributed by atoms with Gasteiger partial charge >= 0.3 is 0 Å². The SMILES string of the molecule is CCN(C)Cc1cccc(N)c1. The molecular weight excluding hydrogens is 148 g/mol. The number of benzene rings is 1. The third-order valence-corrected chi connectivity index (χ3v) is 1.94. The lowest BCUT2D eigenvalue weighted by Gasteiger charge is -2.13. The maximum absolute atomic E-state index is 5.66. The van der Waals surface area contributed by atoms with Crippen molar-refractivity contribution in [1.29, 1.82) is 0 Å². The van der Waals surface area contributed by atoms with Crippen molar-refractivity contribution in [3.05, 3.63) is 29.8 Å². The van der Waals surface area contributed by atoms with E-state index in [4.69, 9.17) is 5.73 Å². The second-order valence-electron chi connectivity index (χ2n) is 3.08. The van der Waals surface area contributed by atoms with Gasteiger partial charge < -0.3 is 10.6 Å². The fourth-order valence-corrected chi connectivity index (χ4v) is 1.11. The molecule has 0 saturated carbocycles. The van der Waals surface area contributed by atoms with Gasteiger partial charge in [0.1, 0.15) is 0 Å². The molecule has 0 heterocycles. The number of anilines is 1. The van der Waals surface area contributed by atoms with Crippen LogP contribution in [0.25, 0.3) is 0 Å². The molecule has 2 N–H and O–H groups in total. The van der Waals surface area contributed by atoms with Crippen LogP contribution in [0, 0.1) is 0 Å². The predicted octanol–water partition coefficient (Wildman–Crippen LogP) is 1.72. The zero-order valence-electron chi connectivity index (χ0n) is 7.75. The zero-order valence-corrected chi connectivity index (χ0v) is 7.75. The van der Waals surface area contributed by atoms with Gasteiger partial charge in [-0.3, -0.25) is 0 Å². The third-order valence-electron chi connectivity index (χ3n) is 1.94. The molecule has 0 radical (unpaired) electrons. The minimum Gasteiger partial charge on any atom is -0.399 e. The highest BCUT2D eigenvalue weighted by molar-refractivity contribution is 5.40. The standard InChI is InChI=1S/C10H16N2/c1-3-12(2)8-9-5-4-6-10(11)7-9/h4-7H,3,8,11H2,1-2H3. The number of rotatable bonds is 3. The zero-order chi connectivity index (χ0) is 8.97. The molecule has 0 unspecified atom stereocenters. The maximum atomic E-state index is 5.66. The minimum atomic E-state index is 0.844. The first-order chi connectivity index (χ1) is 5.72. The van der Waals surface area contributed by atoms with Crippen molar-refractivity contribution < 1.29 is 0 Å². The molecule has 0 spiro atoms.